The molecule has 6 nitrogen and oxygen atoms in total. The van der Waals surface area contributed by atoms with Crippen molar-refractivity contribution >= 4 is 0 Å². The van der Waals surface area contributed by atoms with E-state index in [1.807, 2.05) is 14.1 Å². The van der Waals surface area contributed by atoms with Gasteiger partial charge in [-0.3, -0.25) is 0 Å². The Bertz CT molecular complexity index is 780. The van der Waals surface area contributed by atoms with E-state index in [-0.39, 0.29) is 44.8 Å². The minimum Gasteiger partial charge on any atom is -0.375 e. The van der Waals surface area contributed by atoms with Gasteiger partial charge in [0.15, 0.2) is 0 Å². The highest BCUT2D eigenvalue weighted by atomic mass is 16.5. The summed E-state index contributed by atoms with van der Waals surface area (Å²) in [5.74, 6) is 1.41. The molecule has 4 atom stereocenters. The van der Waals surface area contributed by atoms with Gasteiger partial charge in [0, 0.05) is 16.6 Å². The number of nitrogens with two attached hydrogens (primary N) is 1. The zero-order valence-corrected chi connectivity index (χ0v) is 31.9. The average Bonchev–Trinajstić information content (AvgIpc) is 2.82. The molecule has 0 aliphatic heterocycles. The van der Waals surface area contributed by atoms with Crippen LogP contribution in [0.5, 0.6) is 0 Å². The van der Waals surface area contributed by atoms with E-state index < -0.39 is 0 Å². The van der Waals surface area contributed by atoms with E-state index in [1.165, 1.54) is 0 Å². The minimum atomic E-state index is -0.303. The van der Waals surface area contributed by atoms with Crippen molar-refractivity contribution in [1.82, 2.24) is 10.6 Å². The zero-order chi connectivity index (χ0) is 33.6. The van der Waals surface area contributed by atoms with Gasteiger partial charge in [-0.1, -0.05) is 34.6 Å². The lowest BCUT2D eigenvalue weighted by molar-refractivity contribution is -0.131. The average molecular weight is 600 g/mol. The first-order chi connectivity index (χ1) is 18.5. The normalized spacial score (nSPS) is 17.7. The Labute approximate surface area is 263 Å². The second-order valence-corrected chi connectivity index (χ2v) is 17.8. The predicted molar refractivity (Wildman–Crippen MR) is 183 cm³/mol. The van der Waals surface area contributed by atoms with Crippen LogP contribution in [0.4, 0.5) is 0 Å². The Morgan fingerprint density at radius 2 is 0.857 bits per heavy atom. The Hall–Kier alpha value is -0.240. The standard InChI is InChI=1S/C36H77N3O3/c1-26(33(10,11)37)23-40-31(6,7)21-29(22-32(8,9)41-24-27(2)34(12,13)38-18)20-30(4,5)36(16,17)42-25-28(3)35(14,15)39-19/h26-29,38-39H,20-25,37H2,1-19H3. The fourth-order valence-electron chi connectivity index (χ4n) is 5.05. The highest BCUT2D eigenvalue weighted by molar-refractivity contribution is 4.94. The fraction of sp³-hybridized carbons (Fsp3) is 1.00. The zero-order valence-electron chi connectivity index (χ0n) is 31.9. The van der Waals surface area contributed by atoms with Crippen LogP contribution in [0.15, 0.2) is 0 Å². The molecule has 0 aromatic rings. The van der Waals surface area contributed by atoms with E-state index >= 15 is 0 Å². The maximum Gasteiger partial charge on any atom is 0.0677 e. The Kier molecular flexibility index (Phi) is 15.3. The van der Waals surface area contributed by atoms with Crippen molar-refractivity contribution in [3.63, 3.8) is 0 Å². The summed E-state index contributed by atoms with van der Waals surface area (Å²) in [4.78, 5) is 0. The summed E-state index contributed by atoms with van der Waals surface area (Å²) in [5, 5.41) is 6.88. The maximum atomic E-state index is 6.73. The molecule has 0 bridgehead atoms. The van der Waals surface area contributed by atoms with Gasteiger partial charge in [0.2, 0.25) is 0 Å². The lowest BCUT2D eigenvalue weighted by Crippen LogP contribution is -2.49. The number of hydrogen-bond acceptors (Lipinski definition) is 6. The molecule has 0 amide bonds. The lowest BCUT2D eigenvalue weighted by Gasteiger charge is -2.47. The maximum absolute atomic E-state index is 6.73. The molecule has 0 rings (SSSR count). The smallest absolute Gasteiger partial charge is 0.0677 e. The monoisotopic (exact) mass is 600 g/mol. The number of hydrogen-bond donors (Lipinski definition) is 3. The van der Waals surface area contributed by atoms with E-state index in [9.17, 15) is 0 Å². The summed E-state index contributed by atoms with van der Waals surface area (Å²) in [6, 6.07) is 0. The highest BCUT2D eigenvalue weighted by Crippen LogP contribution is 2.44. The van der Waals surface area contributed by atoms with Crippen LogP contribution in [0, 0.1) is 29.1 Å². The number of ether oxygens (including phenoxy) is 3. The Balaban J connectivity index is 5.95. The third-order valence-electron chi connectivity index (χ3n) is 11.2. The van der Waals surface area contributed by atoms with E-state index in [2.05, 4.69) is 128 Å². The van der Waals surface area contributed by atoms with Crippen molar-refractivity contribution in [2.75, 3.05) is 33.9 Å². The molecule has 4 N–H and O–H groups in total. The van der Waals surface area contributed by atoms with Gasteiger partial charge < -0.3 is 30.6 Å². The highest BCUT2D eigenvalue weighted by Gasteiger charge is 2.43. The quantitative estimate of drug-likeness (QED) is 0.125. The van der Waals surface area contributed by atoms with Crippen LogP contribution < -0.4 is 16.4 Å². The van der Waals surface area contributed by atoms with Gasteiger partial charge in [-0.25, -0.2) is 0 Å². The van der Waals surface area contributed by atoms with Crippen molar-refractivity contribution in [3.05, 3.63) is 0 Å². The third-order valence-corrected chi connectivity index (χ3v) is 11.2. The predicted octanol–water partition coefficient (Wildman–Crippen LogP) is 7.83. The van der Waals surface area contributed by atoms with Gasteiger partial charge in [0.1, 0.15) is 0 Å². The summed E-state index contributed by atoms with van der Waals surface area (Å²) in [6.07, 6.45) is 2.91. The van der Waals surface area contributed by atoms with Gasteiger partial charge in [0.05, 0.1) is 36.6 Å². The van der Waals surface area contributed by atoms with Gasteiger partial charge in [0.25, 0.3) is 0 Å². The van der Waals surface area contributed by atoms with Crippen molar-refractivity contribution < 1.29 is 14.2 Å². The van der Waals surface area contributed by atoms with E-state index in [4.69, 9.17) is 19.9 Å². The van der Waals surface area contributed by atoms with Gasteiger partial charge in [-0.15, -0.1) is 0 Å². The molecular weight excluding hydrogens is 522 g/mol. The van der Waals surface area contributed by atoms with Crippen LogP contribution in [0.2, 0.25) is 0 Å². The summed E-state index contributed by atoms with van der Waals surface area (Å²) >= 11 is 0. The second kappa shape index (κ2) is 15.4. The van der Waals surface area contributed by atoms with Crippen LogP contribution in [-0.2, 0) is 14.2 Å². The van der Waals surface area contributed by atoms with Gasteiger partial charge in [-0.05, 0) is 146 Å². The second-order valence-electron chi connectivity index (χ2n) is 17.8. The summed E-state index contributed by atoms with van der Waals surface area (Å²) < 4.78 is 20.0. The molecule has 0 aliphatic carbocycles. The van der Waals surface area contributed by atoms with Crippen molar-refractivity contribution in [2.45, 2.75) is 170 Å². The molecule has 6 heteroatoms. The molecular formula is C36H77N3O3. The molecule has 0 aliphatic rings. The molecule has 0 aromatic heterocycles. The molecule has 0 saturated carbocycles. The Morgan fingerprint density at radius 1 is 0.524 bits per heavy atom. The molecule has 0 heterocycles. The molecule has 42 heavy (non-hydrogen) atoms. The van der Waals surface area contributed by atoms with Gasteiger partial charge in [-0.2, -0.15) is 0 Å². The van der Waals surface area contributed by atoms with Crippen LogP contribution >= 0.6 is 0 Å². The van der Waals surface area contributed by atoms with Crippen LogP contribution in [0.3, 0.4) is 0 Å². The molecule has 0 spiro atoms. The molecule has 0 aromatic carbocycles. The van der Waals surface area contributed by atoms with E-state index in [1.54, 1.807) is 0 Å². The number of rotatable bonds is 21. The van der Waals surface area contributed by atoms with E-state index in [0.717, 1.165) is 19.3 Å². The van der Waals surface area contributed by atoms with Crippen molar-refractivity contribution in [3.8, 4) is 0 Å². The van der Waals surface area contributed by atoms with Crippen LogP contribution in [0.1, 0.15) is 137 Å². The minimum absolute atomic E-state index is 0.0136. The van der Waals surface area contributed by atoms with Gasteiger partial charge >= 0.3 is 0 Å². The summed E-state index contributed by atoms with van der Waals surface area (Å²) in [7, 11) is 4.05. The Morgan fingerprint density at radius 3 is 1.19 bits per heavy atom. The van der Waals surface area contributed by atoms with Crippen molar-refractivity contribution in [2.24, 2.45) is 34.8 Å². The molecule has 0 radical (unpaired) electrons. The molecule has 4 unspecified atom stereocenters. The number of nitrogens with one attached hydrogen (secondary N) is 2. The first-order valence-electron chi connectivity index (χ1n) is 16.6. The first kappa shape index (κ1) is 41.8. The van der Waals surface area contributed by atoms with E-state index in [0.29, 0.717) is 37.6 Å². The summed E-state index contributed by atoms with van der Waals surface area (Å²) in [5.41, 5.74) is 5.22. The third kappa shape index (κ3) is 13.8. The van der Waals surface area contributed by atoms with Crippen LogP contribution in [0.25, 0.3) is 0 Å². The lowest BCUT2D eigenvalue weighted by atomic mass is 9.67. The SMILES string of the molecule is CNC(C)(C)C(C)COC(C)(C)CC(CC(C)(C)OCC(C)C(C)(C)N)CC(C)(C)C(C)(C)OCC(C)C(C)(C)NC. The molecule has 254 valence electrons. The van der Waals surface area contributed by atoms with Crippen LogP contribution in [-0.4, -0.2) is 67.3 Å². The molecule has 0 fully saturated rings. The largest absolute Gasteiger partial charge is 0.375 e. The molecule has 0 saturated heterocycles. The topological polar surface area (TPSA) is 77.8 Å². The summed E-state index contributed by atoms with van der Waals surface area (Å²) in [6.45, 7) is 40.1. The fourth-order valence-corrected chi connectivity index (χ4v) is 5.05. The first-order valence-corrected chi connectivity index (χ1v) is 16.6. The van der Waals surface area contributed by atoms with Crippen molar-refractivity contribution in [1.29, 1.82) is 0 Å².